The lowest BCUT2D eigenvalue weighted by Crippen LogP contribution is -2.07. The van der Waals surface area contributed by atoms with E-state index in [1.165, 1.54) is 11.8 Å². The molecule has 86 valence electrons. The van der Waals surface area contributed by atoms with Crippen LogP contribution in [0, 0.1) is 11.8 Å². The minimum Gasteiger partial charge on any atom is -0.411 e. The van der Waals surface area contributed by atoms with Gasteiger partial charge in [-0.05, 0) is 24.5 Å². The van der Waals surface area contributed by atoms with Crippen molar-refractivity contribution >= 4 is 17.3 Å². The molecule has 1 aliphatic rings. The number of nitrogens with zero attached hydrogens (tertiary/aromatic N) is 2. The zero-order valence-corrected chi connectivity index (χ0v) is 10.6. The molecule has 0 saturated heterocycles. The van der Waals surface area contributed by atoms with Crippen LogP contribution in [0.25, 0.3) is 5.57 Å². The van der Waals surface area contributed by atoms with Gasteiger partial charge < -0.3 is 4.42 Å². The first-order chi connectivity index (χ1) is 7.70. The van der Waals surface area contributed by atoms with Gasteiger partial charge in [0.15, 0.2) is 0 Å². The molecule has 4 heteroatoms. The molecule has 0 bridgehead atoms. The molecule has 0 radical (unpaired) electrons. The maximum absolute atomic E-state index is 5.49. The Bertz CT molecular complexity index is 420. The molecule has 3 nitrogen and oxygen atoms in total. The van der Waals surface area contributed by atoms with Crippen LogP contribution in [-0.4, -0.2) is 16.5 Å². The van der Waals surface area contributed by atoms with Gasteiger partial charge in [0.1, 0.15) is 0 Å². The molecule has 0 aliphatic heterocycles. The molecular weight excluding hydrogens is 220 g/mol. The molecule has 16 heavy (non-hydrogen) atoms. The van der Waals surface area contributed by atoms with E-state index in [4.69, 9.17) is 4.42 Å². The third-order valence-electron chi connectivity index (χ3n) is 2.82. The van der Waals surface area contributed by atoms with Crippen molar-refractivity contribution in [3.8, 4) is 0 Å². The molecule has 0 saturated carbocycles. The number of hydrogen-bond acceptors (Lipinski definition) is 4. The van der Waals surface area contributed by atoms with Crippen LogP contribution in [0.4, 0.5) is 0 Å². The van der Waals surface area contributed by atoms with Crippen LogP contribution >= 0.6 is 11.8 Å². The van der Waals surface area contributed by atoms with E-state index in [0.29, 0.717) is 22.9 Å². The van der Waals surface area contributed by atoms with Crippen LogP contribution in [-0.2, 0) is 0 Å². The third-order valence-corrected chi connectivity index (χ3v) is 3.33. The highest BCUT2D eigenvalue weighted by Gasteiger charge is 2.16. The first kappa shape index (κ1) is 11.5. The lowest BCUT2D eigenvalue weighted by molar-refractivity contribution is 0.441. The Morgan fingerprint density at radius 1 is 1.44 bits per heavy atom. The Hall–Kier alpha value is -1.03. The van der Waals surface area contributed by atoms with Gasteiger partial charge >= 0.3 is 0 Å². The van der Waals surface area contributed by atoms with E-state index in [2.05, 4.69) is 42.3 Å². The van der Waals surface area contributed by atoms with Crippen LogP contribution in [0.1, 0.15) is 26.2 Å². The summed E-state index contributed by atoms with van der Waals surface area (Å²) in [6, 6.07) is 0. The van der Waals surface area contributed by atoms with Crippen LogP contribution < -0.4 is 0 Å². The Kier molecular flexibility index (Phi) is 3.49. The number of hydrogen-bond donors (Lipinski definition) is 0. The normalized spacial score (nSPS) is 20.2. The fourth-order valence-electron chi connectivity index (χ4n) is 1.70. The highest BCUT2D eigenvalue weighted by molar-refractivity contribution is 7.98. The molecule has 1 aromatic rings. The second-order valence-corrected chi connectivity index (χ2v) is 5.00. The largest absolute Gasteiger partial charge is 0.411 e. The molecule has 1 atom stereocenters. The molecule has 1 aromatic heterocycles. The van der Waals surface area contributed by atoms with E-state index >= 15 is 0 Å². The van der Waals surface area contributed by atoms with E-state index in [0.717, 1.165) is 12.0 Å². The van der Waals surface area contributed by atoms with Crippen molar-refractivity contribution in [2.45, 2.75) is 25.5 Å². The van der Waals surface area contributed by atoms with Gasteiger partial charge in [-0.15, -0.1) is 10.2 Å². The average molecular weight is 236 g/mol. The van der Waals surface area contributed by atoms with E-state index in [-0.39, 0.29) is 0 Å². The van der Waals surface area contributed by atoms with Gasteiger partial charge in [-0.25, -0.2) is 0 Å². The molecular formula is C12H16N2OS. The van der Waals surface area contributed by atoms with E-state index in [1.54, 1.807) is 0 Å². The van der Waals surface area contributed by atoms with Gasteiger partial charge in [-0.2, -0.15) is 0 Å². The predicted octanol–water partition coefficient (Wildman–Crippen LogP) is 3.41. The summed E-state index contributed by atoms with van der Waals surface area (Å²) in [6.07, 6.45) is 9.49. The summed E-state index contributed by atoms with van der Waals surface area (Å²) in [6.45, 7) is 4.48. The number of rotatable bonds is 3. The molecule has 2 rings (SSSR count). The molecule has 1 aliphatic carbocycles. The number of aromatic nitrogens is 2. The van der Waals surface area contributed by atoms with Crippen molar-refractivity contribution in [1.29, 1.82) is 0 Å². The lowest BCUT2D eigenvalue weighted by Gasteiger charge is -2.18. The van der Waals surface area contributed by atoms with Gasteiger partial charge in [-0.3, -0.25) is 0 Å². The first-order valence-electron chi connectivity index (χ1n) is 5.47. The van der Waals surface area contributed by atoms with Crippen LogP contribution in [0.5, 0.6) is 0 Å². The second-order valence-electron chi connectivity index (χ2n) is 4.24. The van der Waals surface area contributed by atoms with Crippen LogP contribution in [0.3, 0.4) is 0 Å². The lowest BCUT2D eigenvalue weighted by atomic mass is 9.88. The molecule has 0 fully saturated rings. The molecule has 0 aromatic carbocycles. The summed E-state index contributed by atoms with van der Waals surface area (Å²) in [7, 11) is 0. The van der Waals surface area contributed by atoms with Gasteiger partial charge in [0.2, 0.25) is 5.89 Å². The molecule has 1 heterocycles. The fourth-order valence-corrected chi connectivity index (χ4v) is 1.98. The van der Waals surface area contributed by atoms with Gasteiger partial charge in [0.05, 0.1) is 0 Å². The second kappa shape index (κ2) is 4.87. The topological polar surface area (TPSA) is 38.9 Å². The standard InChI is InChI=1S/C12H16N2OS/c1-8(2)9-4-6-10(7-5-9)11-13-14-12(15-11)16-3/h4,6-9H,5H2,1-3H3. The number of thioether (sulfide) groups is 1. The Labute approximate surface area is 100 Å². The van der Waals surface area contributed by atoms with E-state index in [1.807, 2.05) is 6.26 Å². The Balaban J connectivity index is 2.11. The minimum atomic E-state index is 0.621. The van der Waals surface area contributed by atoms with Crippen molar-refractivity contribution in [1.82, 2.24) is 10.2 Å². The Morgan fingerprint density at radius 3 is 2.75 bits per heavy atom. The SMILES string of the molecule is CSc1nnc(C2=CCC(C(C)C)C=C2)o1. The summed E-state index contributed by atoms with van der Waals surface area (Å²) in [5.41, 5.74) is 1.05. The van der Waals surface area contributed by atoms with Crippen LogP contribution in [0.15, 0.2) is 27.9 Å². The quantitative estimate of drug-likeness (QED) is 0.754. The van der Waals surface area contributed by atoms with E-state index in [9.17, 15) is 0 Å². The van der Waals surface area contributed by atoms with Crippen molar-refractivity contribution in [2.24, 2.45) is 11.8 Å². The minimum absolute atomic E-state index is 0.621. The van der Waals surface area contributed by atoms with E-state index < -0.39 is 0 Å². The molecule has 0 amide bonds. The zero-order chi connectivity index (χ0) is 11.5. The first-order valence-corrected chi connectivity index (χ1v) is 6.69. The van der Waals surface area contributed by atoms with Crippen molar-refractivity contribution in [3.63, 3.8) is 0 Å². The van der Waals surface area contributed by atoms with Gasteiger partial charge in [-0.1, -0.05) is 43.8 Å². The summed E-state index contributed by atoms with van der Waals surface area (Å²) >= 11 is 1.47. The number of allylic oxidation sites excluding steroid dienone is 4. The highest BCUT2D eigenvalue weighted by atomic mass is 32.2. The molecule has 0 N–H and O–H groups in total. The smallest absolute Gasteiger partial charge is 0.276 e. The predicted molar refractivity (Wildman–Crippen MR) is 66.1 cm³/mol. The van der Waals surface area contributed by atoms with Crippen LogP contribution in [0.2, 0.25) is 0 Å². The zero-order valence-electron chi connectivity index (χ0n) is 9.80. The van der Waals surface area contributed by atoms with Gasteiger partial charge in [0, 0.05) is 5.57 Å². The summed E-state index contributed by atoms with van der Waals surface area (Å²) in [4.78, 5) is 0. The summed E-state index contributed by atoms with van der Waals surface area (Å²) in [5.74, 6) is 1.94. The highest BCUT2D eigenvalue weighted by Crippen LogP contribution is 2.28. The summed E-state index contributed by atoms with van der Waals surface area (Å²) < 4.78 is 5.49. The molecule has 0 spiro atoms. The van der Waals surface area contributed by atoms with Crippen molar-refractivity contribution < 1.29 is 4.42 Å². The van der Waals surface area contributed by atoms with Gasteiger partial charge in [0.25, 0.3) is 5.22 Å². The molecule has 1 unspecified atom stereocenters. The van der Waals surface area contributed by atoms with Crippen molar-refractivity contribution in [2.75, 3.05) is 6.26 Å². The maximum Gasteiger partial charge on any atom is 0.276 e. The third kappa shape index (κ3) is 2.38. The van der Waals surface area contributed by atoms with Crippen molar-refractivity contribution in [3.05, 3.63) is 24.1 Å². The monoisotopic (exact) mass is 236 g/mol. The fraction of sp³-hybridized carbons (Fsp3) is 0.500. The summed E-state index contributed by atoms with van der Waals surface area (Å²) in [5, 5.41) is 8.58. The Morgan fingerprint density at radius 2 is 2.25 bits per heavy atom. The maximum atomic E-state index is 5.49. The average Bonchev–Trinajstić information content (AvgIpc) is 2.77.